The van der Waals surface area contributed by atoms with Gasteiger partial charge in [0.2, 0.25) is 12.3 Å². The van der Waals surface area contributed by atoms with Crippen molar-refractivity contribution in [2.75, 3.05) is 19.8 Å². The number of nitrogens with one attached hydrogen (secondary N) is 3. The fourth-order valence-electron chi connectivity index (χ4n) is 5.80. The van der Waals surface area contributed by atoms with Crippen molar-refractivity contribution in [2.45, 2.75) is 97.4 Å². The molecule has 3 amide bonds. The number of rotatable bonds is 12. The number of esters is 1. The Bertz CT molecular complexity index is 1330. The fourth-order valence-corrected chi connectivity index (χ4v) is 5.80. The minimum absolute atomic E-state index is 0.151. The van der Waals surface area contributed by atoms with Crippen LogP contribution in [0.5, 0.6) is 0 Å². The molecular formula is C33H47N5O6. The van der Waals surface area contributed by atoms with Crippen LogP contribution in [0.15, 0.2) is 30.3 Å². The van der Waals surface area contributed by atoms with Crippen molar-refractivity contribution in [3.05, 3.63) is 41.6 Å². The molecule has 0 spiro atoms. The largest absolute Gasteiger partial charge is 0.455 e. The molecule has 11 heteroatoms. The Morgan fingerprint density at radius 2 is 1.89 bits per heavy atom. The Balaban J connectivity index is 1.33. The van der Waals surface area contributed by atoms with E-state index in [0.29, 0.717) is 36.9 Å². The average molecular weight is 610 g/mol. The van der Waals surface area contributed by atoms with Crippen LogP contribution in [0.1, 0.15) is 84.1 Å². The van der Waals surface area contributed by atoms with Crippen molar-refractivity contribution < 1.29 is 28.7 Å². The number of carbonyl (C=O) groups is 4. The van der Waals surface area contributed by atoms with Gasteiger partial charge in [-0.3, -0.25) is 24.2 Å². The number of fused-ring (bicyclic) bond motifs is 1. The zero-order valence-electron chi connectivity index (χ0n) is 26.6. The van der Waals surface area contributed by atoms with E-state index in [9.17, 15) is 19.2 Å². The maximum Gasteiger partial charge on any atom is 0.325 e. The minimum atomic E-state index is -0.857. The smallest absolute Gasteiger partial charge is 0.325 e. The monoisotopic (exact) mass is 609 g/mol. The van der Waals surface area contributed by atoms with E-state index in [-0.39, 0.29) is 11.8 Å². The van der Waals surface area contributed by atoms with Crippen molar-refractivity contribution in [3.63, 3.8) is 0 Å². The Hall–Kier alpha value is -3.57. The molecule has 2 aromatic rings. The molecule has 4 atom stereocenters. The lowest BCUT2D eigenvalue weighted by Crippen LogP contribution is -2.60. The van der Waals surface area contributed by atoms with Gasteiger partial charge in [0, 0.05) is 25.1 Å². The molecule has 3 N–H and O–H groups in total. The standard InChI is InChI=1S/C33H47N5O6/c1-21(2)29(34-20-39)30(40)35-22(3)31(41)38-16-6-7-27(37-38)32(42)44-23(4)26-11-10-25-9-8-24(19-28(25)36-26)12-13-33(5)14-17-43-18-15-33/h8-11,19-23,27,29,37H,6-7,12-18H2,1-5H3,(H,34,39)(H,35,40)/t22-,23+,27-,29?/m0/s1. The summed E-state index contributed by atoms with van der Waals surface area (Å²) in [5.74, 6) is -1.45. The first-order chi connectivity index (χ1) is 21.0. The molecule has 240 valence electrons. The molecule has 1 aromatic carbocycles. The van der Waals surface area contributed by atoms with E-state index in [1.165, 1.54) is 10.6 Å². The molecule has 2 saturated heterocycles. The van der Waals surface area contributed by atoms with Crippen molar-refractivity contribution in [1.82, 2.24) is 26.1 Å². The highest BCUT2D eigenvalue weighted by atomic mass is 16.5. The van der Waals surface area contributed by atoms with Gasteiger partial charge in [-0.25, -0.2) is 10.4 Å². The van der Waals surface area contributed by atoms with Crippen LogP contribution < -0.4 is 16.1 Å². The van der Waals surface area contributed by atoms with Gasteiger partial charge in [-0.2, -0.15) is 0 Å². The van der Waals surface area contributed by atoms with Crippen molar-refractivity contribution >= 4 is 35.1 Å². The third-order valence-corrected chi connectivity index (χ3v) is 8.87. The van der Waals surface area contributed by atoms with E-state index in [1.54, 1.807) is 27.7 Å². The van der Waals surface area contributed by atoms with Crippen LogP contribution in [0.3, 0.4) is 0 Å². The van der Waals surface area contributed by atoms with Crippen LogP contribution in [0, 0.1) is 11.3 Å². The Kier molecular flexibility index (Phi) is 11.3. The van der Waals surface area contributed by atoms with E-state index in [2.05, 4.69) is 41.2 Å². The summed E-state index contributed by atoms with van der Waals surface area (Å²) in [5.41, 5.74) is 6.04. The number of benzene rings is 1. The molecule has 44 heavy (non-hydrogen) atoms. The summed E-state index contributed by atoms with van der Waals surface area (Å²) in [4.78, 5) is 54.6. The number of aryl methyl sites for hydroxylation is 1. The molecule has 1 unspecified atom stereocenters. The van der Waals surface area contributed by atoms with E-state index < -0.39 is 36.1 Å². The first-order valence-electron chi connectivity index (χ1n) is 15.7. The van der Waals surface area contributed by atoms with Gasteiger partial charge in [-0.15, -0.1) is 0 Å². The number of carbonyl (C=O) groups excluding carboxylic acids is 4. The Labute approximate surface area is 259 Å². The highest BCUT2D eigenvalue weighted by molar-refractivity contribution is 5.90. The van der Waals surface area contributed by atoms with E-state index in [4.69, 9.17) is 14.5 Å². The molecule has 0 radical (unpaired) electrons. The molecule has 0 bridgehead atoms. The van der Waals surface area contributed by atoms with Crippen LogP contribution in [0.2, 0.25) is 0 Å². The molecule has 1 aromatic heterocycles. The second-order valence-electron chi connectivity index (χ2n) is 12.8. The average Bonchev–Trinajstić information content (AvgIpc) is 3.02. The van der Waals surface area contributed by atoms with Gasteiger partial charge >= 0.3 is 5.97 Å². The second-order valence-corrected chi connectivity index (χ2v) is 12.8. The number of hydrogen-bond donors (Lipinski definition) is 3. The van der Waals surface area contributed by atoms with Gasteiger partial charge in [-0.1, -0.05) is 39.0 Å². The van der Waals surface area contributed by atoms with Crippen LogP contribution in [-0.4, -0.2) is 72.1 Å². The van der Waals surface area contributed by atoms with Gasteiger partial charge in [0.1, 0.15) is 24.2 Å². The van der Waals surface area contributed by atoms with Gasteiger partial charge in [0.25, 0.3) is 5.91 Å². The highest BCUT2D eigenvalue weighted by Crippen LogP contribution is 2.35. The molecule has 2 fully saturated rings. The first-order valence-corrected chi connectivity index (χ1v) is 15.7. The molecule has 0 saturated carbocycles. The lowest BCUT2D eigenvalue weighted by Gasteiger charge is -2.35. The molecule has 2 aliphatic rings. The summed E-state index contributed by atoms with van der Waals surface area (Å²) >= 11 is 0. The first kappa shape index (κ1) is 33.3. The number of amides is 3. The molecule has 0 aliphatic carbocycles. The zero-order valence-corrected chi connectivity index (χ0v) is 26.6. The number of pyridine rings is 1. The predicted octanol–water partition coefficient (Wildman–Crippen LogP) is 3.36. The topological polar surface area (TPSA) is 139 Å². The highest BCUT2D eigenvalue weighted by Gasteiger charge is 2.33. The van der Waals surface area contributed by atoms with Crippen molar-refractivity contribution in [2.24, 2.45) is 11.3 Å². The van der Waals surface area contributed by atoms with E-state index in [1.807, 2.05) is 12.1 Å². The van der Waals surface area contributed by atoms with E-state index in [0.717, 1.165) is 49.8 Å². The summed E-state index contributed by atoms with van der Waals surface area (Å²) in [6.45, 7) is 11.4. The Morgan fingerprint density at radius 1 is 1.16 bits per heavy atom. The number of nitrogens with zero attached hydrogens (tertiary/aromatic N) is 2. The van der Waals surface area contributed by atoms with Crippen LogP contribution in [0.25, 0.3) is 10.9 Å². The molecular weight excluding hydrogens is 562 g/mol. The molecule has 4 rings (SSSR count). The van der Waals surface area contributed by atoms with Gasteiger partial charge < -0.3 is 20.1 Å². The van der Waals surface area contributed by atoms with Gasteiger partial charge in [0.05, 0.1) is 11.2 Å². The van der Waals surface area contributed by atoms with E-state index >= 15 is 0 Å². The molecule has 3 heterocycles. The van der Waals surface area contributed by atoms with Gasteiger partial charge in [-0.05, 0) is 81.4 Å². The predicted molar refractivity (Wildman–Crippen MR) is 166 cm³/mol. The maximum absolute atomic E-state index is 13.1. The Morgan fingerprint density at radius 3 is 2.59 bits per heavy atom. The summed E-state index contributed by atoms with van der Waals surface area (Å²) in [6.07, 6.45) is 5.24. The van der Waals surface area contributed by atoms with Crippen LogP contribution in [0.4, 0.5) is 0 Å². The zero-order chi connectivity index (χ0) is 31.9. The quantitative estimate of drug-likeness (QED) is 0.246. The van der Waals surface area contributed by atoms with Crippen molar-refractivity contribution in [3.8, 4) is 0 Å². The number of aromatic nitrogens is 1. The summed E-state index contributed by atoms with van der Waals surface area (Å²) in [7, 11) is 0. The third-order valence-electron chi connectivity index (χ3n) is 8.87. The number of hydrogen-bond acceptors (Lipinski definition) is 8. The third kappa shape index (κ3) is 8.53. The maximum atomic E-state index is 13.1. The SMILES string of the molecule is CC(C)C(NC=O)C(=O)N[C@@H](C)C(=O)N1CCC[C@@H](C(=O)O[C@H](C)c2ccc3ccc(CCC4(C)CCOCC4)cc3n2)N1. The van der Waals surface area contributed by atoms with Crippen LogP contribution >= 0.6 is 0 Å². The van der Waals surface area contributed by atoms with Crippen molar-refractivity contribution in [1.29, 1.82) is 0 Å². The second kappa shape index (κ2) is 14.9. The lowest BCUT2D eigenvalue weighted by atomic mass is 9.77. The summed E-state index contributed by atoms with van der Waals surface area (Å²) in [5, 5.41) is 7.54. The van der Waals surface area contributed by atoms with Gasteiger partial charge in [0.15, 0.2) is 0 Å². The molecule has 2 aliphatic heterocycles. The summed E-state index contributed by atoms with van der Waals surface area (Å²) < 4.78 is 11.4. The number of hydrazine groups is 1. The normalized spacial score (nSPS) is 20.4. The molecule has 11 nitrogen and oxygen atoms in total. The summed E-state index contributed by atoms with van der Waals surface area (Å²) in [6, 6.07) is 7.93. The lowest BCUT2D eigenvalue weighted by molar-refractivity contribution is -0.157. The van der Waals surface area contributed by atoms with Crippen LogP contribution in [-0.2, 0) is 35.1 Å². The number of ether oxygens (including phenoxy) is 2. The fraction of sp³-hybridized carbons (Fsp3) is 0.606. The minimum Gasteiger partial charge on any atom is -0.455 e.